The molecule has 0 atom stereocenters. The molecule has 37 heavy (non-hydrogen) atoms. The van der Waals surface area contributed by atoms with E-state index in [2.05, 4.69) is 48.2 Å². The Morgan fingerprint density at radius 1 is 1.03 bits per heavy atom. The second-order valence-electron chi connectivity index (χ2n) is 9.41. The molecule has 0 saturated carbocycles. The van der Waals surface area contributed by atoms with Crippen LogP contribution in [-0.2, 0) is 6.54 Å². The van der Waals surface area contributed by atoms with Gasteiger partial charge in [0, 0.05) is 56.2 Å². The number of pyridine rings is 2. The quantitative estimate of drug-likeness (QED) is 0.293. The van der Waals surface area contributed by atoms with E-state index in [0.29, 0.717) is 23.3 Å². The lowest BCUT2D eigenvalue weighted by Crippen LogP contribution is -2.44. The molecular formula is C27H27FN8O. The van der Waals surface area contributed by atoms with E-state index in [4.69, 9.17) is 5.73 Å². The summed E-state index contributed by atoms with van der Waals surface area (Å²) in [6.07, 6.45) is 3.36. The van der Waals surface area contributed by atoms with Crippen LogP contribution < -0.4 is 21.5 Å². The fraction of sp³-hybridized carbons (Fsp3) is 0.222. The second-order valence-corrected chi connectivity index (χ2v) is 9.41. The van der Waals surface area contributed by atoms with Gasteiger partial charge < -0.3 is 30.8 Å². The Balaban J connectivity index is 1.34. The standard InChI is InChI=1S/C27H27FN8O/c1-35-8-10-36(11-9-35)17-2-3-20-23(12-17)33-26(32-20)24-25(29)18-13-19(28)22(14-21(18)34-27(24)37)31-15-16-4-6-30-7-5-16/h2-7,12-14,31H,8-11,15H2,1H3,(H,32,33)(H3,29,34,37). The first kappa shape index (κ1) is 23.0. The SMILES string of the molecule is CN1CCN(c2ccc3[nH]c(-c4c(N)c5cc(F)c(NCc6ccncc6)cc5[nH]c4=O)nc3c2)CC1. The molecule has 0 aliphatic carbocycles. The maximum atomic E-state index is 15.0. The van der Waals surface area contributed by atoms with Crippen molar-refractivity contribution in [3.63, 3.8) is 0 Å². The number of aromatic amines is 2. The molecule has 0 radical (unpaired) electrons. The number of aromatic nitrogens is 4. The van der Waals surface area contributed by atoms with E-state index in [9.17, 15) is 9.18 Å². The van der Waals surface area contributed by atoms with E-state index in [1.54, 1.807) is 18.5 Å². The fourth-order valence-electron chi connectivity index (χ4n) is 4.78. The van der Waals surface area contributed by atoms with Gasteiger partial charge in [0.05, 0.1) is 27.9 Å². The number of piperazine rings is 1. The number of likely N-dealkylation sites (N-methyl/N-ethyl adjacent to an activating group) is 1. The van der Waals surface area contributed by atoms with E-state index in [1.807, 2.05) is 24.3 Å². The minimum atomic E-state index is -0.465. The first-order valence-electron chi connectivity index (χ1n) is 12.2. The summed E-state index contributed by atoms with van der Waals surface area (Å²) in [5, 5.41) is 3.49. The molecule has 0 bridgehead atoms. The lowest BCUT2D eigenvalue weighted by atomic mass is 10.1. The summed E-state index contributed by atoms with van der Waals surface area (Å²) in [6, 6.07) is 12.6. The molecule has 4 heterocycles. The van der Waals surface area contributed by atoms with Crippen molar-refractivity contribution in [2.75, 3.05) is 49.2 Å². The number of nitrogens with two attached hydrogens (primary N) is 1. The summed E-state index contributed by atoms with van der Waals surface area (Å²) < 4.78 is 15.0. The molecule has 1 fully saturated rings. The molecular weight excluding hydrogens is 471 g/mol. The zero-order chi connectivity index (χ0) is 25.5. The Kier molecular flexibility index (Phi) is 5.72. The van der Waals surface area contributed by atoms with Gasteiger partial charge >= 0.3 is 0 Å². The molecule has 2 aromatic carbocycles. The van der Waals surface area contributed by atoms with Crippen LogP contribution in [0.4, 0.5) is 21.5 Å². The highest BCUT2D eigenvalue weighted by Gasteiger charge is 2.19. The van der Waals surface area contributed by atoms with Gasteiger partial charge in [0.25, 0.3) is 5.56 Å². The highest BCUT2D eigenvalue weighted by Crippen LogP contribution is 2.32. The molecule has 3 aromatic heterocycles. The number of hydrogen-bond acceptors (Lipinski definition) is 7. The molecule has 188 valence electrons. The third kappa shape index (κ3) is 4.36. The maximum Gasteiger partial charge on any atom is 0.261 e. The van der Waals surface area contributed by atoms with Crippen LogP contribution in [0.15, 0.2) is 59.7 Å². The molecule has 10 heteroatoms. The zero-order valence-corrected chi connectivity index (χ0v) is 20.4. The average molecular weight is 499 g/mol. The Morgan fingerprint density at radius 3 is 2.59 bits per heavy atom. The minimum Gasteiger partial charge on any atom is -0.397 e. The van der Waals surface area contributed by atoms with Crippen LogP contribution in [0.1, 0.15) is 5.56 Å². The summed E-state index contributed by atoms with van der Waals surface area (Å²) in [5.74, 6) is -0.112. The summed E-state index contributed by atoms with van der Waals surface area (Å²) in [5.41, 5.74) is 10.7. The molecule has 0 unspecified atom stereocenters. The molecule has 0 spiro atoms. The number of anilines is 3. The number of nitrogens with one attached hydrogen (secondary N) is 3. The summed E-state index contributed by atoms with van der Waals surface area (Å²) in [6.45, 7) is 4.32. The molecule has 6 rings (SSSR count). The fourth-order valence-corrected chi connectivity index (χ4v) is 4.78. The van der Waals surface area contributed by atoms with Crippen molar-refractivity contribution in [2.45, 2.75) is 6.54 Å². The highest BCUT2D eigenvalue weighted by molar-refractivity contribution is 5.99. The molecule has 5 aromatic rings. The van der Waals surface area contributed by atoms with E-state index in [0.717, 1.165) is 48.5 Å². The number of H-pyrrole nitrogens is 2. The Bertz CT molecular complexity index is 1650. The van der Waals surface area contributed by atoms with Crippen LogP contribution in [0.5, 0.6) is 0 Å². The van der Waals surface area contributed by atoms with E-state index in [1.165, 1.54) is 6.07 Å². The van der Waals surface area contributed by atoms with Gasteiger partial charge in [-0.3, -0.25) is 9.78 Å². The smallest absolute Gasteiger partial charge is 0.261 e. The summed E-state index contributed by atoms with van der Waals surface area (Å²) >= 11 is 0. The summed E-state index contributed by atoms with van der Waals surface area (Å²) in [7, 11) is 2.12. The number of fused-ring (bicyclic) bond motifs is 2. The molecule has 1 aliphatic heterocycles. The molecule has 5 N–H and O–H groups in total. The second kappa shape index (κ2) is 9.21. The number of hydrogen-bond donors (Lipinski definition) is 4. The average Bonchev–Trinajstić information content (AvgIpc) is 3.32. The number of rotatable bonds is 5. The number of nitrogen functional groups attached to an aromatic ring is 1. The van der Waals surface area contributed by atoms with Gasteiger partial charge in [-0.05, 0) is 55.1 Å². The lowest BCUT2D eigenvalue weighted by Gasteiger charge is -2.34. The van der Waals surface area contributed by atoms with Crippen LogP contribution in [0.3, 0.4) is 0 Å². The molecule has 0 amide bonds. The predicted octanol–water partition coefficient (Wildman–Crippen LogP) is 3.55. The molecule has 1 aliphatic rings. The third-order valence-electron chi connectivity index (χ3n) is 6.95. The Hall–Kier alpha value is -4.44. The first-order chi connectivity index (χ1) is 18.0. The minimum absolute atomic E-state index is 0.177. The van der Waals surface area contributed by atoms with Crippen molar-refractivity contribution >= 4 is 39.0 Å². The normalized spacial score (nSPS) is 14.5. The van der Waals surface area contributed by atoms with Gasteiger partial charge in [-0.15, -0.1) is 0 Å². The van der Waals surface area contributed by atoms with Gasteiger partial charge in [-0.2, -0.15) is 0 Å². The summed E-state index contributed by atoms with van der Waals surface area (Å²) in [4.78, 5) is 32.5. The number of halogens is 1. The lowest BCUT2D eigenvalue weighted by molar-refractivity contribution is 0.313. The van der Waals surface area contributed by atoms with Gasteiger partial charge in [0.15, 0.2) is 0 Å². The largest absolute Gasteiger partial charge is 0.397 e. The van der Waals surface area contributed by atoms with Crippen LogP contribution in [-0.4, -0.2) is 58.1 Å². The first-order valence-corrected chi connectivity index (χ1v) is 12.2. The topological polar surface area (TPSA) is 119 Å². The zero-order valence-electron chi connectivity index (χ0n) is 20.4. The molecule has 9 nitrogen and oxygen atoms in total. The van der Waals surface area contributed by atoms with Crippen molar-refractivity contribution in [1.29, 1.82) is 0 Å². The van der Waals surface area contributed by atoms with Gasteiger partial charge in [0.2, 0.25) is 0 Å². The number of nitrogens with zero attached hydrogens (tertiary/aromatic N) is 4. The van der Waals surface area contributed by atoms with Crippen molar-refractivity contribution in [2.24, 2.45) is 0 Å². The van der Waals surface area contributed by atoms with Gasteiger partial charge in [0.1, 0.15) is 17.2 Å². The van der Waals surface area contributed by atoms with Crippen molar-refractivity contribution in [1.82, 2.24) is 24.8 Å². The maximum absolute atomic E-state index is 15.0. The van der Waals surface area contributed by atoms with E-state index < -0.39 is 11.4 Å². The highest BCUT2D eigenvalue weighted by atomic mass is 19.1. The Morgan fingerprint density at radius 2 is 1.81 bits per heavy atom. The Labute approximate surface area is 212 Å². The van der Waals surface area contributed by atoms with Crippen LogP contribution in [0.2, 0.25) is 0 Å². The van der Waals surface area contributed by atoms with Gasteiger partial charge in [-0.25, -0.2) is 9.37 Å². The van der Waals surface area contributed by atoms with E-state index in [-0.39, 0.29) is 16.9 Å². The van der Waals surface area contributed by atoms with E-state index >= 15 is 0 Å². The van der Waals surface area contributed by atoms with Crippen molar-refractivity contribution < 1.29 is 4.39 Å². The van der Waals surface area contributed by atoms with Crippen LogP contribution in [0.25, 0.3) is 33.3 Å². The van der Waals surface area contributed by atoms with Gasteiger partial charge in [-0.1, -0.05) is 0 Å². The third-order valence-corrected chi connectivity index (χ3v) is 6.95. The number of benzene rings is 2. The van der Waals surface area contributed by atoms with Crippen LogP contribution in [0, 0.1) is 5.82 Å². The number of imidazole rings is 1. The van der Waals surface area contributed by atoms with Crippen molar-refractivity contribution in [3.8, 4) is 11.4 Å². The monoisotopic (exact) mass is 498 g/mol. The predicted molar refractivity (Wildman–Crippen MR) is 145 cm³/mol. The molecule has 1 saturated heterocycles. The van der Waals surface area contributed by atoms with Crippen molar-refractivity contribution in [3.05, 3.63) is 76.6 Å². The van der Waals surface area contributed by atoms with Crippen LogP contribution >= 0.6 is 0 Å².